The van der Waals surface area contributed by atoms with Crippen molar-refractivity contribution in [2.24, 2.45) is 0 Å². The predicted octanol–water partition coefficient (Wildman–Crippen LogP) is 2.41. The lowest BCUT2D eigenvalue weighted by Gasteiger charge is -2.21. The van der Waals surface area contributed by atoms with Gasteiger partial charge in [0.25, 0.3) is 5.91 Å². The number of rotatable bonds is 0. The average molecular weight is 200 g/mol. The molecular weight excluding hydrogens is 188 g/mol. The molecule has 3 rings (SSSR count). The third-order valence-electron chi connectivity index (χ3n) is 2.76. The van der Waals surface area contributed by atoms with Crippen LogP contribution >= 0.6 is 0 Å². The quantitative estimate of drug-likeness (QED) is 0.631. The molecule has 1 aromatic rings. The first kappa shape index (κ1) is 8.53. The summed E-state index contributed by atoms with van der Waals surface area (Å²) in [5, 5.41) is 6.12. The summed E-state index contributed by atoms with van der Waals surface area (Å²) in [6, 6.07) is 6.03. The molecule has 0 atom stereocenters. The first-order valence-corrected chi connectivity index (χ1v) is 5.15. The van der Waals surface area contributed by atoms with E-state index in [0.29, 0.717) is 0 Å². The highest BCUT2D eigenvalue weighted by molar-refractivity contribution is 6.11. The Labute approximate surface area is 88.2 Å². The zero-order valence-electron chi connectivity index (χ0n) is 8.55. The second-order valence-electron chi connectivity index (χ2n) is 4.11. The van der Waals surface area contributed by atoms with E-state index in [1.54, 1.807) is 0 Å². The first-order chi connectivity index (χ1) is 7.24. The van der Waals surface area contributed by atoms with E-state index < -0.39 is 0 Å². The molecule has 0 spiro atoms. The Kier molecular flexibility index (Phi) is 1.63. The summed E-state index contributed by atoms with van der Waals surface area (Å²) >= 11 is 0. The van der Waals surface area contributed by atoms with Gasteiger partial charge < -0.3 is 10.6 Å². The maximum atomic E-state index is 11.7. The molecule has 0 aromatic heterocycles. The van der Waals surface area contributed by atoms with Crippen molar-refractivity contribution in [3.05, 3.63) is 35.0 Å². The van der Waals surface area contributed by atoms with Crippen molar-refractivity contribution >= 4 is 17.3 Å². The average Bonchev–Trinajstić information content (AvgIpc) is 3.00. The van der Waals surface area contributed by atoms with Crippen molar-refractivity contribution in [2.75, 3.05) is 10.6 Å². The standard InChI is InChI=1S/C12H12N2O/c1-7-2-5-9-10(6-7)14-12(15)11(13-9)8-3-4-8/h2,5-6,13H,3-4H2,1H3,(H,14,15). The van der Waals surface area contributed by atoms with Crippen LogP contribution in [0.2, 0.25) is 0 Å². The second kappa shape index (κ2) is 2.86. The fraction of sp³-hybridized carbons (Fsp3) is 0.250. The van der Waals surface area contributed by atoms with Crippen LogP contribution in [-0.2, 0) is 4.79 Å². The number of fused-ring (bicyclic) bond motifs is 1. The fourth-order valence-electron chi connectivity index (χ4n) is 1.81. The third kappa shape index (κ3) is 1.40. The molecule has 1 amide bonds. The maximum absolute atomic E-state index is 11.7. The number of carbonyl (C=O) groups excluding carboxylic acids is 1. The SMILES string of the molecule is Cc1ccc2c(c1)NC(=O)C(=C1CC1)N2. The lowest BCUT2D eigenvalue weighted by atomic mass is 10.1. The molecule has 1 fully saturated rings. The Morgan fingerprint density at radius 3 is 2.67 bits per heavy atom. The molecule has 2 N–H and O–H groups in total. The lowest BCUT2D eigenvalue weighted by Crippen LogP contribution is -2.25. The molecule has 0 saturated heterocycles. The number of aryl methyl sites for hydroxylation is 1. The van der Waals surface area contributed by atoms with E-state index in [1.165, 1.54) is 5.57 Å². The van der Waals surface area contributed by atoms with E-state index in [0.717, 1.165) is 35.5 Å². The van der Waals surface area contributed by atoms with Gasteiger partial charge in [0.05, 0.1) is 11.4 Å². The van der Waals surface area contributed by atoms with Crippen LogP contribution in [0.1, 0.15) is 18.4 Å². The van der Waals surface area contributed by atoms with Gasteiger partial charge in [0, 0.05) is 0 Å². The number of allylic oxidation sites excluding steroid dienone is 1. The van der Waals surface area contributed by atoms with Crippen LogP contribution in [0.5, 0.6) is 0 Å². The van der Waals surface area contributed by atoms with Crippen LogP contribution in [0.25, 0.3) is 0 Å². The van der Waals surface area contributed by atoms with Crippen LogP contribution in [0.4, 0.5) is 11.4 Å². The van der Waals surface area contributed by atoms with E-state index in [1.807, 2.05) is 25.1 Å². The Hall–Kier alpha value is -1.77. The zero-order valence-corrected chi connectivity index (χ0v) is 8.55. The van der Waals surface area contributed by atoms with E-state index >= 15 is 0 Å². The predicted molar refractivity (Wildman–Crippen MR) is 59.7 cm³/mol. The van der Waals surface area contributed by atoms with E-state index in [4.69, 9.17) is 0 Å². The molecule has 3 nitrogen and oxygen atoms in total. The van der Waals surface area contributed by atoms with Gasteiger partial charge in [-0.2, -0.15) is 0 Å². The van der Waals surface area contributed by atoms with Gasteiger partial charge >= 0.3 is 0 Å². The summed E-state index contributed by atoms with van der Waals surface area (Å²) in [6.07, 6.45) is 2.11. The molecule has 1 aliphatic heterocycles. The van der Waals surface area contributed by atoms with Crippen LogP contribution in [0, 0.1) is 6.92 Å². The Balaban J connectivity index is 2.06. The largest absolute Gasteiger partial charge is 0.349 e. The van der Waals surface area contributed by atoms with Crippen molar-refractivity contribution < 1.29 is 4.79 Å². The number of nitrogens with one attached hydrogen (secondary N) is 2. The molecule has 2 aliphatic rings. The number of hydrogen-bond donors (Lipinski definition) is 2. The molecule has 1 aliphatic carbocycles. The van der Waals surface area contributed by atoms with Gasteiger partial charge in [-0.05, 0) is 43.0 Å². The topological polar surface area (TPSA) is 41.1 Å². The second-order valence-corrected chi connectivity index (χ2v) is 4.11. The van der Waals surface area contributed by atoms with Crippen molar-refractivity contribution in [2.45, 2.75) is 19.8 Å². The molecule has 1 aromatic carbocycles. The number of hydrogen-bond acceptors (Lipinski definition) is 2. The van der Waals surface area contributed by atoms with Gasteiger partial charge in [0.15, 0.2) is 0 Å². The molecule has 15 heavy (non-hydrogen) atoms. The van der Waals surface area contributed by atoms with Crippen LogP contribution in [-0.4, -0.2) is 5.91 Å². The number of anilines is 2. The molecule has 1 heterocycles. The summed E-state index contributed by atoms with van der Waals surface area (Å²) in [5.74, 6) is 0.000556. The summed E-state index contributed by atoms with van der Waals surface area (Å²) in [6.45, 7) is 2.02. The van der Waals surface area contributed by atoms with Crippen molar-refractivity contribution in [1.29, 1.82) is 0 Å². The number of carbonyl (C=O) groups is 1. The summed E-state index contributed by atoms with van der Waals surface area (Å²) in [7, 11) is 0. The monoisotopic (exact) mass is 200 g/mol. The Morgan fingerprint density at radius 2 is 1.93 bits per heavy atom. The number of benzene rings is 1. The minimum atomic E-state index is 0.000556. The Morgan fingerprint density at radius 1 is 1.13 bits per heavy atom. The highest BCUT2D eigenvalue weighted by Gasteiger charge is 2.27. The lowest BCUT2D eigenvalue weighted by molar-refractivity contribution is -0.112. The van der Waals surface area contributed by atoms with Gasteiger partial charge in [-0.25, -0.2) is 0 Å². The number of amides is 1. The van der Waals surface area contributed by atoms with Crippen LogP contribution in [0.3, 0.4) is 0 Å². The van der Waals surface area contributed by atoms with Crippen LogP contribution < -0.4 is 10.6 Å². The van der Waals surface area contributed by atoms with Gasteiger partial charge in [0.2, 0.25) is 0 Å². The van der Waals surface area contributed by atoms with E-state index in [-0.39, 0.29) is 5.91 Å². The smallest absolute Gasteiger partial charge is 0.272 e. The van der Waals surface area contributed by atoms with E-state index in [2.05, 4.69) is 10.6 Å². The summed E-state index contributed by atoms with van der Waals surface area (Å²) in [5.41, 5.74) is 5.02. The Bertz CT molecular complexity index is 482. The normalized spacial score (nSPS) is 18.1. The minimum Gasteiger partial charge on any atom is -0.349 e. The molecule has 3 heteroatoms. The van der Waals surface area contributed by atoms with E-state index in [9.17, 15) is 4.79 Å². The highest BCUT2D eigenvalue weighted by Crippen LogP contribution is 2.36. The summed E-state index contributed by atoms with van der Waals surface area (Å²) in [4.78, 5) is 11.7. The molecule has 0 bridgehead atoms. The fourth-order valence-corrected chi connectivity index (χ4v) is 1.81. The van der Waals surface area contributed by atoms with Crippen molar-refractivity contribution in [1.82, 2.24) is 0 Å². The highest BCUT2D eigenvalue weighted by atomic mass is 16.2. The van der Waals surface area contributed by atoms with Crippen molar-refractivity contribution in [3.8, 4) is 0 Å². The van der Waals surface area contributed by atoms with Gasteiger partial charge in [0.1, 0.15) is 5.70 Å². The summed E-state index contributed by atoms with van der Waals surface area (Å²) < 4.78 is 0. The van der Waals surface area contributed by atoms with Crippen LogP contribution in [0.15, 0.2) is 29.5 Å². The first-order valence-electron chi connectivity index (χ1n) is 5.15. The van der Waals surface area contributed by atoms with Gasteiger partial charge in [-0.15, -0.1) is 0 Å². The van der Waals surface area contributed by atoms with Gasteiger partial charge in [-0.3, -0.25) is 4.79 Å². The molecule has 1 saturated carbocycles. The minimum absolute atomic E-state index is 0.000556. The third-order valence-corrected chi connectivity index (χ3v) is 2.76. The van der Waals surface area contributed by atoms with Gasteiger partial charge in [-0.1, -0.05) is 6.07 Å². The maximum Gasteiger partial charge on any atom is 0.272 e. The molecular formula is C12H12N2O. The molecule has 0 radical (unpaired) electrons. The van der Waals surface area contributed by atoms with Crippen molar-refractivity contribution in [3.63, 3.8) is 0 Å². The zero-order chi connectivity index (χ0) is 10.4. The molecule has 0 unspecified atom stereocenters. The molecule has 76 valence electrons.